The Bertz CT molecular complexity index is 557. The van der Waals surface area contributed by atoms with Gasteiger partial charge in [0.25, 0.3) is 0 Å². The lowest BCUT2D eigenvalue weighted by molar-refractivity contribution is -0.137. The number of urea groups is 1. The molecule has 1 N–H and O–H groups in total. The van der Waals surface area contributed by atoms with Crippen LogP contribution in [0.25, 0.3) is 0 Å². The molecule has 0 radical (unpaired) electrons. The lowest BCUT2D eigenvalue weighted by Crippen LogP contribution is -2.32. The first-order valence-corrected chi connectivity index (χ1v) is 6.09. The Balaban J connectivity index is 2.20. The number of halogens is 3. The van der Waals surface area contributed by atoms with Gasteiger partial charge in [0.2, 0.25) is 0 Å². The number of benzene rings is 1. The van der Waals surface area contributed by atoms with Crippen LogP contribution in [0.5, 0.6) is 0 Å². The number of nitrogens with one attached hydrogen (secondary N) is 1. The van der Waals surface area contributed by atoms with Crippen molar-refractivity contribution in [3.63, 3.8) is 0 Å². The van der Waals surface area contributed by atoms with Gasteiger partial charge >= 0.3 is 12.2 Å². The van der Waals surface area contributed by atoms with Gasteiger partial charge in [-0.15, -0.1) is 0 Å². The van der Waals surface area contributed by atoms with Crippen molar-refractivity contribution in [1.82, 2.24) is 4.90 Å². The minimum Gasteiger partial charge on any atom is -0.325 e. The SMILES string of the molecule is N#Cc1cc(C(F)(F)F)ccc1NC(=O)N1CCCC1. The molecule has 1 heterocycles. The van der Waals surface area contributed by atoms with Crippen LogP contribution in [-0.2, 0) is 6.18 Å². The van der Waals surface area contributed by atoms with Crippen molar-refractivity contribution in [2.45, 2.75) is 19.0 Å². The van der Waals surface area contributed by atoms with E-state index >= 15 is 0 Å². The van der Waals surface area contributed by atoms with E-state index in [-0.39, 0.29) is 11.3 Å². The van der Waals surface area contributed by atoms with E-state index in [4.69, 9.17) is 5.26 Å². The first-order valence-electron chi connectivity index (χ1n) is 6.09. The second kappa shape index (κ2) is 5.41. The summed E-state index contributed by atoms with van der Waals surface area (Å²) >= 11 is 0. The van der Waals surface area contributed by atoms with E-state index < -0.39 is 17.8 Å². The molecule has 1 saturated heterocycles. The van der Waals surface area contributed by atoms with Crippen LogP contribution in [0.1, 0.15) is 24.0 Å². The third-order valence-electron chi connectivity index (χ3n) is 3.10. The quantitative estimate of drug-likeness (QED) is 0.860. The van der Waals surface area contributed by atoms with Crippen LogP contribution < -0.4 is 5.32 Å². The first kappa shape index (κ1) is 14.2. The van der Waals surface area contributed by atoms with E-state index in [0.717, 1.165) is 31.0 Å². The normalized spacial score (nSPS) is 15.0. The van der Waals surface area contributed by atoms with Crippen LogP contribution in [0.4, 0.5) is 23.7 Å². The molecular formula is C13H12F3N3O. The number of carbonyl (C=O) groups excluding carboxylic acids is 1. The molecule has 1 aliphatic rings. The Labute approximate surface area is 113 Å². The number of hydrogen-bond donors (Lipinski definition) is 1. The second-order valence-corrected chi connectivity index (χ2v) is 4.49. The molecule has 0 spiro atoms. The molecule has 106 valence electrons. The molecule has 7 heteroatoms. The van der Waals surface area contributed by atoms with Gasteiger partial charge in [0.15, 0.2) is 0 Å². The molecule has 0 aliphatic carbocycles. The van der Waals surface area contributed by atoms with Crippen molar-refractivity contribution in [3.05, 3.63) is 29.3 Å². The minimum absolute atomic E-state index is 0.0948. The minimum atomic E-state index is -4.51. The number of alkyl halides is 3. The van der Waals surface area contributed by atoms with Gasteiger partial charge < -0.3 is 10.2 Å². The number of likely N-dealkylation sites (tertiary alicyclic amines) is 1. The standard InChI is InChI=1S/C13H12F3N3O/c14-13(15,16)10-3-4-11(9(7-10)8-17)18-12(20)19-5-1-2-6-19/h3-4,7H,1-2,5-6H2,(H,18,20). The van der Waals surface area contributed by atoms with Crippen molar-refractivity contribution in [2.24, 2.45) is 0 Å². The summed E-state index contributed by atoms with van der Waals surface area (Å²) in [4.78, 5) is 13.4. The molecule has 1 fully saturated rings. The zero-order valence-corrected chi connectivity index (χ0v) is 10.5. The van der Waals surface area contributed by atoms with Crippen LogP contribution in [0.3, 0.4) is 0 Å². The van der Waals surface area contributed by atoms with Gasteiger partial charge in [-0.1, -0.05) is 0 Å². The number of rotatable bonds is 1. The maximum Gasteiger partial charge on any atom is 0.416 e. The van der Waals surface area contributed by atoms with E-state index in [2.05, 4.69) is 5.32 Å². The van der Waals surface area contributed by atoms with Crippen molar-refractivity contribution in [1.29, 1.82) is 5.26 Å². The molecule has 0 saturated carbocycles. The number of nitrogens with zero attached hydrogens (tertiary/aromatic N) is 2. The van der Waals surface area contributed by atoms with Crippen LogP contribution in [-0.4, -0.2) is 24.0 Å². The molecular weight excluding hydrogens is 271 g/mol. The highest BCUT2D eigenvalue weighted by Crippen LogP contribution is 2.31. The van der Waals surface area contributed by atoms with E-state index in [0.29, 0.717) is 13.1 Å². The average Bonchev–Trinajstić information content (AvgIpc) is 2.91. The Morgan fingerprint density at radius 1 is 1.30 bits per heavy atom. The zero-order valence-electron chi connectivity index (χ0n) is 10.5. The van der Waals surface area contributed by atoms with Crippen LogP contribution >= 0.6 is 0 Å². The van der Waals surface area contributed by atoms with Crippen LogP contribution in [0.2, 0.25) is 0 Å². The van der Waals surface area contributed by atoms with Crippen molar-refractivity contribution < 1.29 is 18.0 Å². The van der Waals surface area contributed by atoms with Gasteiger partial charge in [0.1, 0.15) is 6.07 Å². The summed E-state index contributed by atoms with van der Waals surface area (Å²) < 4.78 is 37.6. The van der Waals surface area contributed by atoms with Gasteiger partial charge in [-0.25, -0.2) is 4.79 Å². The highest BCUT2D eigenvalue weighted by atomic mass is 19.4. The predicted molar refractivity (Wildman–Crippen MR) is 66.0 cm³/mol. The second-order valence-electron chi connectivity index (χ2n) is 4.49. The fourth-order valence-electron chi connectivity index (χ4n) is 2.04. The van der Waals surface area contributed by atoms with E-state index in [1.807, 2.05) is 0 Å². The molecule has 20 heavy (non-hydrogen) atoms. The number of carbonyl (C=O) groups is 1. The molecule has 1 aliphatic heterocycles. The highest BCUT2D eigenvalue weighted by molar-refractivity contribution is 5.91. The molecule has 0 aromatic heterocycles. The predicted octanol–water partition coefficient (Wildman–Crippen LogP) is 3.20. The molecule has 4 nitrogen and oxygen atoms in total. The Hall–Kier alpha value is -2.23. The topological polar surface area (TPSA) is 56.1 Å². The number of amides is 2. The van der Waals surface area contributed by atoms with E-state index in [1.54, 1.807) is 11.0 Å². The third-order valence-corrected chi connectivity index (χ3v) is 3.10. The lowest BCUT2D eigenvalue weighted by atomic mass is 10.1. The average molecular weight is 283 g/mol. The smallest absolute Gasteiger partial charge is 0.325 e. The molecule has 1 aromatic rings. The van der Waals surface area contributed by atoms with Crippen molar-refractivity contribution in [3.8, 4) is 6.07 Å². The summed E-state index contributed by atoms with van der Waals surface area (Å²) in [6.45, 7) is 1.24. The molecule has 1 aromatic carbocycles. The van der Waals surface area contributed by atoms with Gasteiger partial charge in [0, 0.05) is 13.1 Å². The largest absolute Gasteiger partial charge is 0.416 e. The van der Waals surface area contributed by atoms with Gasteiger partial charge in [0.05, 0.1) is 16.8 Å². The van der Waals surface area contributed by atoms with E-state index in [9.17, 15) is 18.0 Å². The molecule has 2 rings (SSSR count). The number of anilines is 1. The monoisotopic (exact) mass is 283 g/mol. The summed E-state index contributed by atoms with van der Waals surface area (Å²) in [7, 11) is 0. The number of hydrogen-bond acceptors (Lipinski definition) is 2. The van der Waals surface area contributed by atoms with Crippen molar-refractivity contribution in [2.75, 3.05) is 18.4 Å². The summed E-state index contributed by atoms with van der Waals surface area (Å²) in [5.74, 6) is 0. The van der Waals surface area contributed by atoms with Gasteiger partial charge in [-0.3, -0.25) is 0 Å². The van der Waals surface area contributed by atoms with Crippen molar-refractivity contribution >= 4 is 11.7 Å². The maximum atomic E-state index is 12.5. The maximum absolute atomic E-state index is 12.5. The Morgan fingerprint density at radius 3 is 2.50 bits per heavy atom. The summed E-state index contributed by atoms with van der Waals surface area (Å²) in [6.07, 6.45) is -2.69. The summed E-state index contributed by atoms with van der Waals surface area (Å²) in [5.41, 5.74) is -1.02. The Kier molecular flexibility index (Phi) is 3.84. The molecule has 0 bridgehead atoms. The summed E-state index contributed by atoms with van der Waals surface area (Å²) in [6, 6.07) is 3.97. The third kappa shape index (κ3) is 3.02. The van der Waals surface area contributed by atoms with Crippen LogP contribution in [0, 0.1) is 11.3 Å². The van der Waals surface area contributed by atoms with Gasteiger partial charge in [-0.05, 0) is 31.0 Å². The lowest BCUT2D eigenvalue weighted by Gasteiger charge is -2.17. The molecule has 2 amide bonds. The zero-order chi connectivity index (χ0) is 14.8. The number of nitriles is 1. The Morgan fingerprint density at radius 2 is 1.95 bits per heavy atom. The molecule has 0 atom stereocenters. The van der Waals surface area contributed by atoms with E-state index in [1.165, 1.54) is 0 Å². The summed E-state index contributed by atoms with van der Waals surface area (Å²) in [5, 5.41) is 11.4. The van der Waals surface area contributed by atoms with Gasteiger partial charge in [-0.2, -0.15) is 18.4 Å². The molecule has 0 unspecified atom stereocenters. The highest BCUT2D eigenvalue weighted by Gasteiger charge is 2.31. The van der Waals surface area contributed by atoms with Crippen LogP contribution in [0.15, 0.2) is 18.2 Å². The fraction of sp³-hybridized carbons (Fsp3) is 0.385. The fourth-order valence-corrected chi connectivity index (χ4v) is 2.04. The first-order chi connectivity index (χ1) is 9.41.